The van der Waals surface area contributed by atoms with E-state index in [1.54, 1.807) is 31.4 Å². The van der Waals surface area contributed by atoms with Gasteiger partial charge in [0.1, 0.15) is 11.5 Å². The van der Waals surface area contributed by atoms with Crippen molar-refractivity contribution in [1.29, 1.82) is 0 Å². The number of primary sulfonamides is 1. The number of sulfonamides is 1. The minimum absolute atomic E-state index is 0.0258. The normalized spacial score (nSPS) is 11.3. The fourth-order valence-electron chi connectivity index (χ4n) is 2.05. The molecule has 8 heteroatoms. The molecule has 132 valence electrons. The van der Waals surface area contributed by atoms with Crippen LogP contribution in [0.3, 0.4) is 0 Å². The van der Waals surface area contributed by atoms with Crippen molar-refractivity contribution in [2.45, 2.75) is 4.90 Å². The molecule has 0 fully saturated rings. The van der Waals surface area contributed by atoms with Gasteiger partial charge in [0.2, 0.25) is 15.9 Å². The van der Waals surface area contributed by atoms with Crippen molar-refractivity contribution in [3.05, 3.63) is 54.1 Å². The maximum absolute atomic E-state index is 12.0. The molecule has 0 saturated carbocycles. The maximum Gasteiger partial charge on any atom is 0.248 e. The molecule has 1 amide bonds. The Hall–Kier alpha value is -2.84. The molecule has 0 spiro atoms. The second-order valence-electron chi connectivity index (χ2n) is 5.00. The molecule has 2 aromatic rings. The summed E-state index contributed by atoms with van der Waals surface area (Å²) in [5, 5.41) is 7.65. The molecule has 0 heterocycles. The van der Waals surface area contributed by atoms with E-state index in [4.69, 9.17) is 14.6 Å². The smallest absolute Gasteiger partial charge is 0.248 e. The first kappa shape index (κ1) is 18.5. The van der Waals surface area contributed by atoms with Crippen molar-refractivity contribution >= 4 is 27.7 Å². The van der Waals surface area contributed by atoms with Crippen LogP contribution < -0.4 is 19.9 Å². The second-order valence-corrected chi connectivity index (χ2v) is 6.56. The average Bonchev–Trinajstić information content (AvgIpc) is 2.59. The summed E-state index contributed by atoms with van der Waals surface area (Å²) in [6.07, 6.45) is 2.93. The summed E-state index contributed by atoms with van der Waals surface area (Å²) in [4.78, 5) is 12.0. The molecule has 2 rings (SSSR count). The molecule has 0 aliphatic rings. The number of hydrogen-bond acceptors (Lipinski definition) is 5. The van der Waals surface area contributed by atoms with E-state index in [0.29, 0.717) is 22.7 Å². The summed E-state index contributed by atoms with van der Waals surface area (Å²) in [7, 11) is -0.678. The Kier molecular flexibility index (Phi) is 5.79. The molecule has 2 aromatic carbocycles. The molecule has 0 aliphatic heterocycles. The minimum atomic E-state index is -3.76. The number of rotatable bonds is 6. The van der Waals surface area contributed by atoms with Gasteiger partial charge < -0.3 is 14.8 Å². The van der Waals surface area contributed by atoms with Gasteiger partial charge in [0, 0.05) is 17.3 Å². The van der Waals surface area contributed by atoms with Gasteiger partial charge in [0.25, 0.3) is 0 Å². The third-order valence-corrected chi connectivity index (χ3v) is 4.23. The number of carbonyl (C=O) groups is 1. The fourth-order valence-corrected chi connectivity index (χ4v) is 2.56. The summed E-state index contributed by atoms with van der Waals surface area (Å²) in [5.74, 6) is 0.857. The van der Waals surface area contributed by atoms with Crippen molar-refractivity contribution in [2.24, 2.45) is 5.14 Å². The van der Waals surface area contributed by atoms with E-state index >= 15 is 0 Å². The van der Waals surface area contributed by atoms with E-state index in [1.165, 1.54) is 37.5 Å². The van der Waals surface area contributed by atoms with Crippen LogP contribution in [0.15, 0.2) is 53.4 Å². The van der Waals surface area contributed by atoms with E-state index in [1.807, 2.05) is 0 Å². The predicted octanol–water partition coefficient (Wildman–Crippen LogP) is 2.00. The second kappa shape index (κ2) is 7.82. The van der Waals surface area contributed by atoms with Crippen LogP contribution in [0, 0.1) is 0 Å². The predicted molar refractivity (Wildman–Crippen MR) is 95.0 cm³/mol. The summed E-state index contributed by atoms with van der Waals surface area (Å²) < 4.78 is 32.8. The van der Waals surface area contributed by atoms with E-state index < -0.39 is 10.0 Å². The van der Waals surface area contributed by atoms with Crippen molar-refractivity contribution in [3.63, 3.8) is 0 Å². The zero-order chi connectivity index (χ0) is 18.4. The van der Waals surface area contributed by atoms with Crippen molar-refractivity contribution in [2.75, 3.05) is 19.5 Å². The maximum atomic E-state index is 12.0. The quantitative estimate of drug-likeness (QED) is 0.764. The highest BCUT2D eigenvalue weighted by Crippen LogP contribution is 2.25. The summed E-state index contributed by atoms with van der Waals surface area (Å²) in [5.41, 5.74) is 1.13. The molecule has 25 heavy (non-hydrogen) atoms. The Labute approximate surface area is 146 Å². The number of ether oxygens (including phenoxy) is 2. The van der Waals surface area contributed by atoms with Crippen LogP contribution >= 0.6 is 0 Å². The number of nitrogens with two attached hydrogens (primary N) is 1. The summed E-state index contributed by atoms with van der Waals surface area (Å²) in [6, 6.07) is 10.8. The van der Waals surface area contributed by atoms with E-state index in [-0.39, 0.29) is 10.8 Å². The van der Waals surface area contributed by atoms with Crippen LogP contribution in [0.5, 0.6) is 11.5 Å². The van der Waals surface area contributed by atoms with E-state index in [9.17, 15) is 13.2 Å². The monoisotopic (exact) mass is 362 g/mol. The third-order valence-electron chi connectivity index (χ3n) is 3.30. The van der Waals surface area contributed by atoms with Gasteiger partial charge in [0.05, 0.1) is 19.1 Å². The first-order valence-electron chi connectivity index (χ1n) is 7.17. The molecule has 0 saturated heterocycles. The number of amides is 1. The number of hydrogen-bond donors (Lipinski definition) is 2. The molecule has 0 aliphatic carbocycles. The first-order chi connectivity index (χ1) is 11.8. The molecule has 0 bridgehead atoms. The largest absolute Gasteiger partial charge is 0.497 e. The zero-order valence-corrected chi connectivity index (χ0v) is 14.5. The Bertz CT molecular complexity index is 890. The Balaban J connectivity index is 2.11. The van der Waals surface area contributed by atoms with Gasteiger partial charge in [-0.05, 0) is 48.5 Å². The van der Waals surface area contributed by atoms with Gasteiger partial charge in [-0.1, -0.05) is 0 Å². The van der Waals surface area contributed by atoms with Gasteiger partial charge in [-0.25, -0.2) is 13.6 Å². The first-order valence-corrected chi connectivity index (χ1v) is 8.72. The lowest BCUT2D eigenvalue weighted by molar-refractivity contribution is -0.111. The lowest BCUT2D eigenvalue weighted by atomic mass is 10.1. The van der Waals surface area contributed by atoms with Gasteiger partial charge in [0.15, 0.2) is 0 Å². The summed E-state index contributed by atoms with van der Waals surface area (Å²) >= 11 is 0. The summed E-state index contributed by atoms with van der Waals surface area (Å²) in [6.45, 7) is 0. The van der Waals surface area contributed by atoms with Crippen LogP contribution in [0.4, 0.5) is 5.69 Å². The Morgan fingerprint density at radius 3 is 2.32 bits per heavy atom. The third kappa shape index (κ3) is 5.07. The van der Waals surface area contributed by atoms with Crippen molar-refractivity contribution in [3.8, 4) is 11.5 Å². The van der Waals surface area contributed by atoms with Crippen molar-refractivity contribution in [1.82, 2.24) is 0 Å². The van der Waals surface area contributed by atoms with Crippen molar-refractivity contribution < 1.29 is 22.7 Å². The molecule has 0 radical (unpaired) electrons. The highest BCUT2D eigenvalue weighted by atomic mass is 32.2. The average molecular weight is 362 g/mol. The number of methoxy groups -OCH3 is 2. The molecular formula is C17H18N2O5S. The van der Waals surface area contributed by atoms with Gasteiger partial charge in [-0.2, -0.15) is 0 Å². The molecule has 3 N–H and O–H groups in total. The number of benzene rings is 2. The topological polar surface area (TPSA) is 108 Å². The van der Waals surface area contributed by atoms with E-state index in [2.05, 4.69) is 5.32 Å². The lowest BCUT2D eigenvalue weighted by Gasteiger charge is -2.07. The molecule has 0 aromatic heterocycles. The molecule has 0 unspecified atom stereocenters. The van der Waals surface area contributed by atoms with Crippen LogP contribution in [0.25, 0.3) is 6.08 Å². The molecule has 7 nitrogen and oxygen atoms in total. The standard InChI is InChI=1S/C17H18N2O5S/c1-23-14-6-9-16(24-2)12(11-14)3-10-17(20)19-13-4-7-15(8-5-13)25(18,21)22/h3-11H,1-2H3,(H,19,20)(H2,18,21,22)/b10-3+. The fraction of sp³-hybridized carbons (Fsp3) is 0.118. The van der Waals surface area contributed by atoms with E-state index in [0.717, 1.165) is 0 Å². The van der Waals surface area contributed by atoms with Gasteiger partial charge in [-0.15, -0.1) is 0 Å². The lowest BCUT2D eigenvalue weighted by Crippen LogP contribution is -2.12. The Morgan fingerprint density at radius 2 is 1.76 bits per heavy atom. The highest BCUT2D eigenvalue weighted by molar-refractivity contribution is 7.89. The van der Waals surface area contributed by atoms with Crippen LogP contribution in [0.2, 0.25) is 0 Å². The Morgan fingerprint density at radius 1 is 1.08 bits per heavy atom. The van der Waals surface area contributed by atoms with Crippen LogP contribution in [-0.4, -0.2) is 28.5 Å². The molecular weight excluding hydrogens is 344 g/mol. The van der Waals surface area contributed by atoms with Gasteiger partial charge in [-0.3, -0.25) is 4.79 Å². The van der Waals surface area contributed by atoms with Crippen LogP contribution in [0.1, 0.15) is 5.56 Å². The number of carbonyl (C=O) groups excluding carboxylic acids is 1. The van der Waals surface area contributed by atoms with Gasteiger partial charge >= 0.3 is 0 Å². The highest BCUT2D eigenvalue weighted by Gasteiger charge is 2.07. The zero-order valence-electron chi connectivity index (χ0n) is 13.7. The number of nitrogens with one attached hydrogen (secondary N) is 1. The SMILES string of the molecule is COc1ccc(OC)c(/C=C/C(=O)Nc2ccc(S(N)(=O)=O)cc2)c1. The minimum Gasteiger partial charge on any atom is -0.497 e. The van der Waals surface area contributed by atoms with Crippen LogP contribution in [-0.2, 0) is 14.8 Å². The molecule has 0 atom stereocenters. The number of anilines is 1.